The molecule has 0 aromatic carbocycles. The summed E-state index contributed by atoms with van der Waals surface area (Å²) in [7, 11) is 0. The minimum atomic E-state index is -0.851. The number of rotatable bonds is 4. The molecule has 140 valence electrons. The largest absolute Gasteiger partial charge is 0.481 e. The molecule has 7 nitrogen and oxygen atoms in total. The molecule has 7 heteroatoms. The summed E-state index contributed by atoms with van der Waals surface area (Å²) in [5.41, 5.74) is 1.40. The molecule has 2 unspecified atom stereocenters. The van der Waals surface area contributed by atoms with Crippen molar-refractivity contribution in [3.05, 3.63) is 34.8 Å². The van der Waals surface area contributed by atoms with Crippen molar-refractivity contribution < 1.29 is 19.2 Å². The molecular weight excluding hydrogens is 334 g/mol. The van der Waals surface area contributed by atoms with E-state index in [9.17, 15) is 14.7 Å². The molecule has 0 saturated heterocycles. The Morgan fingerprint density at radius 1 is 1.31 bits per heavy atom. The van der Waals surface area contributed by atoms with E-state index < -0.39 is 17.4 Å². The number of aliphatic carboxylic acids is 1. The second kappa shape index (κ2) is 6.63. The first-order valence-electron chi connectivity index (χ1n) is 8.91. The first-order chi connectivity index (χ1) is 12.2. The van der Waals surface area contributed by atoms with E-state index in [0.717, 1.165) is 24.2 Å². The van der Waals surface area contributed by atoms with E-state index >= 15 is 0 Å². The Labute approximate surface area is 152 Å². The first kappa shape index (κ1) is 18.2. The van der Waals surface area contributed by atoms with E-state index in [2.05, 4.69) is 10.5 Å². The van der Waals surface area contributed by atoms with Crippen molar-refractivity contribution in [1.29, 1.82) is 0 Å². The van der Waals surface area contributed by atoms with Crippen LogP contribution in [0.3, 0.4) is 0 Å². The minimum Gasteiger partial charge on any atom is -0.481 e. The predicted octanol–water partition coefficient (Wildman–Crippen LogP) is 3.15. The lowest BCUT2D eigenvalue weighted by Crippen LogP contribution is -2.55. The number of hydrogen-bond acceptors (Lipinski definition) is 4. The maximum absolute atomic E-state index is 12.9. The average molecular weight is 359 g/mol. The van der Waals surface area contributed by atoms with Gasteiger partial charge in [-0.1, -0.05) is 18.0 Å². The number of amides is 1. The van der Waals surface area contributed by atoms with Crippen LogP contribution in [0, 0.1) is 26.7 Å². The molecule has 1 saturated carbocycles. The van der Waals surface area contributed by atoms with Gasteiger partial charge in [0.2, 0.25) is 0 Å². The molecule has 2 atom stereocenters. The Balaban J connectivity index is 1.90. The summed E-state index contributed by atoms with van der Waals surface area (Å²) >= 11 is 0. The standard InChI is InChI=1S/C19H25N3O4/c1-11-9-14(13(3)22(11)16-10-12(2)26-21-16)17(23)20-19(4)8-6-5-7-15(19)18(24)25/h9-10,15H,5-8H2,1-4H3,(H,20,23)(H,24,25). The summed E-state index contributed by atoms with van der Waals surface area (Å²) in [6, 6.07) is 3.61. The van der Waals surface area contributed by atoms with Crippen LogP contribution in [0.2, 0.25) is 0 Å². The molecule has 1 amide bonds. The highest BCUT2D eigenvalue weighted by atomic mass is 16.5. The van der Waals surface area contributed by atoms with Gasteiger partial charge in [0.05, 0.1) is 17.0 Å². The molecule has 2 N–H and O–H groups in total. The molecule has 1 aliphatic rings. The molecule has 2 aromatic heterocycles. The number of carbonyl (C=O) groups is 2. The highest BCUT2D eigenvalue weighted by molar-refractivity contribution is 5.96. The van der Waals surface area contributed by atoms with Gasteiger partial charge in [0, 0.05) is 17.5 Å². The van der Waals surface area contributed by atoms with Gasteiger partial charge in [-0.15, -0.1) is 0 Å². The zero-order chi connectivity index (χ0) is 19.1. The lowest BCUT2D eigenvalue weighted by atomic mass is 9.73. The zero-order valence-corrected chi connectivity index (χ0v) is 15.6. The van der Waals surface area contributed by atoms with Gasteiger partial charge in [0.25, 0.3) is 5.91 Å². The smallest absolute Gasteiger partial charge is 0.308 e. The number of aryl methyl sites for hydroxylation is 2. The Morgan fingerprint density at radius 3 is 2.65 bits per heavy atom. The maximum atomic E-state index is 12.9. The van der Waals surface area contributed by atoms with Gasteiger partial charge in [-0.25, -0.2) is 0 Å². The predicted molar refractivity (Wildman–Crippen MR) is 95.5 cm³/mol. The molecule has 26 heavy (non-hydrogen) atoms. The summed E-state index contributed by atoms with van der Waals surface area (Å²) in [5.74, 6) is -0.348. The van der Waals surface area contributed by atoms with Gasteiger partial charge < -0.3 is 14.9 Å². The fourth-order valence-electron chi connectivity index (χ4n) is 4.01. The molecule has 0 radical (unpaired) electrons. The highest BCUT2D eigenvalue weighted by Gasteiger charge is 2.42. The highest BCUT2D eigenvalue weighted by Crippen LogP contribution is 2.34. The van der Waals surface area contributed by atoms with Crippen molar-refractivity contribution in [2.24, 2.45) is 5.92 Å². The fraction of sp³-hybridized carbons (Fsp3) is 0.526. The van der Waals surface area contributed by atoms with Crippen LogP contribution < -0.4 is 5.32 Å². The second-order valence-electron chi connectivity index (χ2n) is 7.42. The first-order valence-corrected chi connectivity index (χ1v) is 8.91. The van der Waals surface area contributed by atoms with Gasteiger partial charge in [0.15, 0.2) is 5.82 Å². The molecular formula is C19H25N3O4. The topological polar surface area (TPSA) is 97.4 Å². The average Bonchev–Trinajstić information content (AvgIpc) is 3.10. The van der Waals surface area contributed by atoms with Crippen LogP contribution in [-0.4, -0.2) is 32.2 Å². The molecule has 0 spiro atoms. The van der Waals surface area contributed by atoms with Crippen LogP contribution in [0.15, 0.2) is 16.7 Å². The van der Waals surface area contributed by atoms with Gasteiger partial charge in [-0.2, -0.15) is 0 Å². The number of carboxylic acid groups (broad SMARTS) is 1. The van der Waals surface area contributed by atoms with Crippen molar-refractivity contribution >= 4 is 11.9 Å². The number of carboxylic acids is 1. The molecule has 0 bridgehead atoms. The molecule has 0 aliphatic heterocycles. The summed E-state index contributed by atoms with van der Waals surface area (Å²) in [5, 5.41) is 16.6. The van der Waals surface area contributed by atoms with Gasteiger partial charge in [-0.3, -0.25) is 14.2 Å². The monoisotopic (exact) mass is 359 g/mol. The Kier molecular flexibility index (Phi) is 4.64. The van der Waals surface area contributed by atoms with E-state index in [1.807, 2.05) is 38.3 Å². The number of aromatic nitrogens is 2. The number of hydrogen-bond donors (Lipinski definition) is 2. The summed E-state index contributed by atoms with van der Waals surface area (Å²) in [6.45, 7) is 7.40. The van der Waals surface area contributed by atoms with Crippen molar-refractivity contribution in [3.63, 3.8) is 0 Å². The van der Waals surface area contributed by atoms with Crippen molar-refractivity contribution in [1.82, 2.24) is 15.0 Å². The summed E-state index contributed by atoms with van der Waals surface area (Å²) in [4.78, 5) is 24.6. The maximum Gasteiger partial charge on any atom is 0.308 e. The van der Waals surface area contributed by atoms with Crippen LogP contribution in [0.1, 0.15) is 60.1 Å². The Hall–Kier alpha value is -2.57. The van der Waals surface area contributed by atoms with Crippen molar-refractivity contribution in [3.8, 4) is 5.82 Å². The van der Waals surface area contributed by atoms with Crippen LogP contribution in [-0.2, 0) is 4.79 Å². The normalized spacial score (nSPS) is 23.0. The summed E-state index contributed by atoms with van der Waals surface area (Å²) < 4.78 is 7.00. The van der Waals surface area contributed by atoms with Crippen LogP contribution in [0.4, 0.5) is 0 Å². The third-order valence-electron chi connectivity index (χ3n) is 5.43. The second-order valence-corrected chi connectivity index (χ2v) is 7.42. The Bertz CT molecular complexity index is 851. The summed E-state index contributed by atoms with van der Waals surface area (Å²) in [6.07, 6.45) is 3.04. The van der Waals surface area contributed by atoms with E-state index in [4.69, 9.17) is 4.52 Å². The SMILES string of the molecule is Cc1cc(-n2c(C)cc(C(=O)NC3(C)CCCCC3C(=O)O)c2C)no1. The van der Waals surface area contributed by atoms with Crippen molar-refractivity contribution in [2.75, 3.05) is 0 Å². The van der Waals surface area contributed by atoms with Crippen LogP contribution in [0.5, 0.6) is 0 Å². The van der Waals surface area contributed by atoms with Gasteiger partial charge in [-0.05, 0) is 46.6 Å². The van der Waals surface area contributed by atoms with Gasteiger partial charge in [0.1, 0.15) is 5.76 Å². The third kappa shape index (κ3) is 3.13. The molecule has 1 fully saturated rings. The molecule has 2 heterocycles. The van der Waals surface area contributed by atoms with Crippen LogP contribution >= 0.6 is 0 Å². The number of carbonyl (C=O) groups excluding carboxylic acids is 1. The fourth-order valence-corrected chi connectivity index (χ4v) is 4.01. The van der Waals surface area contributed by atoms with E-state index in [-0.39, 0.29) is 5.91 Å². The lowest BCUT2D eigenvalue weighted by Gasteiger charge is -2.39. The molecule has 1 aliphatic carbocycles. The third-order valence-corrected chi connectivity index (χ3v) is 5.43. The molecule has 2 aromatic rings. The quantitative estimate of drug-likeness (QED) is 0.874. The van der Waals surface area contributed by atoms with Crippen LogP contribution in [0.25, 0.3) is 5.82 Å². The van der Waals surface area contributed by atoms with E-state index in [1.54, 1.807) is 6.07 Å². The minimum absolute atomic E-state index is 0.250. The molecule has 3 rings (SSSR count). The van der Waals surface area contributed by atoms with E-state index in [1.165, 1.54) is 0 Å². The zero-order valence-electron chi connectivity index (χ0n) is 15.6. The van der Waals surface area contributed by atoms with Crippen molar-refractivity contribution in [2.45, 2.75) is 58.9 Å². The van der Waals surface area contributed by atoms with Gasteiger partial charge >= 0.3 is 5.97 Å². The lowest BCUT2D eigenvalue weighted by molar-refractivity contribution is -0.145. The van der Waals surface area contributed by atoms with E-state index in [0.29, 0.717) is 30.0 Å². The number of nitrogens with one attached hydrogen (secondary N) is 1. The number of nitrogens with zero attached hydrogens (tertiary/aromatic N) is 2. The Morgan fingerprint density at radius 2 is 2.04 bits per heavy atom.